The third-order valence-electron chi connectivity index (χ3n) is 3.59. The van der Waals surface area contributed by atoms with Gasteiger partial charge in [-0.25, -0.2) is 13.2 Å². The fourth-order valence-electron chi connectivity index (χ4n) is 2.80. The van der Waals surface area contributed by atoms with Gasteiger partial charge in [0.05, 0.1) is 5.39 Å². The first-order chi connectivity index (χ1) is 9.16. The number of benzene rings is 4. The Bertz CT molecular complexity index is 941. The molecule has 0 spiro atoms. The molecule has 19 heavy (non-hydrogen) atoms. The summed E-state index contributed by atoms with van der Waals surface area (Å²) in [5, 5.41) is 3.05. The van der Waals surface area contributed by atoms with Gasteiger partial charge in [-0.2, -0.15) is 0 Å². The first-order valence-corrected chi connectivity index (χ1v) is 5.88. The van der Waals surface area contributed by atoms with E-state index in [-0.39, 0.29) is 5.39 Å². The van der Waals surface area contributed by atoms with Crippen LogP contribution >= 0.6 is 0 Å². The molecule has 0 radical (unpaired) electrons. The molecule has 0 fully saturated rings. The second-order valence-electron chi connectivity index (χ2n) is 4.65. The van der Waals surface area contributed by atoms with Crippen molar-refractivity contribution in [3.8, 4) is 0 Å². The SMILES string of the molecule is Fc1cc2ccc3cccc4cc(F)c(c1F)c2c34. The van der Waals surface area contributed by atoms with Gasteiger partial charge in [-0.1, -0.05) is 30.3 Å². The van der Waals surface area contributed by atoms with E-state index in [0.717, 1.165) is 16.8 Å². The maximum absolute atomic E-state index is 14.1. The Hall–Kier alpha value is -2.29. The average Bonchev–Trinajstić information content (AvgIpc) is 2.40. The second kappa shape index (κ2) is 3.38. The van der Waals surface area contributed by atoms with E-state index in [4.69, 9.17) is 0 Å². The molecule has 0 saturated carbocycles. The van der Waals surface area contributed by atoms with Crippen LogP contribution in [0.4, 0.5) is 13.2 Å². The maximum Gasteiger partial charge on any atom is 0.169 e. The predicted octanol–water partition coefficient (Wildman–Crippen LogP) is 5.00. The Morgan fingerprint density at radius 2 is 1.21 bits per heavy atom. The monoisotopic (exact) mass is 256 g/mol. The summed E-state index contributed by atoms with van der Waals surface area (Å²) in [6, 6.07) is 11.4. The molecule has 3 heteroatoms. The first kappa shape index (κ1) is 10.6. The van der Waals surface area contributed by atoms with Crippen molar-refractivity contribution < 1.29 is 13.2 Å². The van der Waals surface area contributed by atoms with Crippen LogP contribution in [0.3, 0.4) is 0 Å². The highest BCUT2D eigenvalue weighted by Crippen LogP contribution is 2.37. The van der Waals surface area contributed by atoms with E-state index in [2.05, 4.69) is 0 Å². The zero-order valence-corrected chi connectivity index (χ0v) is 9.68. The van der Waals surface area contributed by atoms with Crippen molar-refractivity contribution in [2.75, 3.05) is 0 Å². The van der Waals surface area contributed by atoms with E-state index in [1.165, 1.54) is 6.07 Å². The van der Waals surface area contributed by atoms with Crippen LogP contribution in [0, 0.1) is 17.5 Å². The van der Waals surface area contributed by atoms with E-state index in [1.54, 1.807) is 12.1 Å². The summed E-state index contributed by atoms with van der Waals surface area (Å²) in [7, 11) is 0. The topological polar surface area (TPSA) is 0 Å². The highest BCUT2D eigenvalue weighted by atomic mass is 19.2. The highest BCUT2D eigenvalue weighted by Gasteiger charge is 2.18. The molecule has 4 aromatic carbocycles. The molecule has 0 unspecified atom stereocenters. The lowest BCUT2D eigenvalue weighted by molar-refractivity contribution is 0.513. The van der Waals surface area contributed by atoms with Crippen molar-refractivity contribution in [1.82, 2.24) is 0 Å². The molecule has 92 valence electrons. The van der Waals surface area contributed by atoms with Crippen LogP contribution in [0.2, 0.25) is 0 Å². The van der Waals surface area contributed by atoms with Crippen molar-refractivity contribution in [3.63, 3.8) is 0 Å². The molecular formula is C16H7F3. The molecule has 0 heterocycles. The summed E-state index contributed by atoms with van der Waals surface area (Å²) in [6.45, 7) is 0. The summed E-state index contributed by atoms with van der Waals surface area (Å²) >= 11 is 0. The van der Waals surface area contributed by atoms with Gasteiger partial charge in [0.15, 0.2) is 11.6 Å². The van der Waals surface area contributed by atoms with Gasteiger partial charge < -0.3 is 0 Å². The molecular weight excluding hydrogens is 249 g/mol. The standard InChI is InChI=1S/C16H7F3/c17-11-6-9-3-1-2-8-4-5-10-7-12(18)16(19)15(11)14(10)13(8)9/h1-7H. The summed E-state index contributed by atoms with van der Waals surface area (Å²) < 4.78 is 41.5. The minimum Gasteiger partial charge on any atom is -0.206 e. The molecule has 0 atom stereocenters. The van der Waals surface area contributed by atoms with Crippen molar-refractivity contribution in [2.24, 2.45) is 0 Å². The molecule has 0 aliphatic rings. The van der Waals surface area contributed by atoms with Gasteiger partial charge in [0.1, 0.15) is 5.82 Å². The van der Waals surface area contributed by atoms with Gasteiger partial charge in [0.25, 0.3) is 0 Å². The lowest BCUT2D eigenvalue weighted by Gasteiger charge is -2.12. The Morgan fingerprint density at radius 1 is 0.579 bits per heavy atom. The smallest absolute Gasteiger partial charge is 0.169 e. The van der Waals surface area contributed by atoms with Crippen LogP contribution in [-0.2, 0) is 0 Å². The van der Waals surface area contributed by atoms with E-state index < -0.39 is 17.5 Å². The largest absolute Gasteiger partial charge is 0.206 e. The number of rotatable bonds is 0. The lowest BCUT2D eigenvalue weighted by Crippen LogP contribution is -1.94. The summed E-state index contributed by atoms with van der Waals surface area (Å²) in [5.74, 6) is -2.87. The maximum atomic E-state index is 14.1. The van der Waals surface area contributed by atoms with Crippen molar-refractivity contribution in [3.05, 3.63) is 59.9 Å². The molecule has 0 saturated heterocycles. The summed E-state index contributed by atoms with van der Waals surface area (Å²) in [6.07, 6.45) is 0. The second-order valence-corrected chi connectivity index (χ2v) is 4.65. The van der Waals surface area contributed by atoms with E-state index in [1.807, 2.05) is 18.2 Å². The Morgan fingerprint density at radius 3 is 2.05 bits per heavy atom. The lowest BCUT2D eigenvalue weighted by atomic mass is 9.93. The van der Waals surface area contributed by atoms with Crippen molar-refractivity contribution in [1.29, 1.82) is 0 Å². The normalized spacial score (nSPS) is 11.9. The van der Waals surface area contributed by atoms with E-state index in [9.17, 15) is 13.2 Å². The molecule has 0 amide bonds. The average molecular weight is 256 g/mol. The van der Waals surface area contributed by atoms with Crippen molar-refractivity contribution >= 4 is 32.3 Å². The molecule has 0 aliphatic heterocycles. The van der Waals surface area contributed by atoms with Gasteiger partial charge in [0.2, 0.25) is 0 Å². The van der Waals surface area contributed by atoms with Crippen LogP contribution in [0.25, 0.3) is 32.3 Å². The molecule has 0 aliphatic carbocycles. The fraction of sp³-hybridized carbons (Fsp3) is 0. The Labute approximate surface area is 106 Å². The molecule has 4 rings (SSSR count). The number of hydrogen-bond donors (Lipinski definition) is 0. The van der Waals surface area contributed by atoms with Crippen LogP contribution in [0.5, 0.6) is 0 Å². The van der Waals surface area contributed by atoms with Crippen LogP contribution in [0.1, 0.15) is 0 Å². The minimum atomic E-state index is -1.12. The summed E-state index contributed by atoms with van der Waals surface area (Å²) in [5.41, 5.74) is 0. The van der Waals surface area contributed by atoms with Gasteiger partial charge in [-0.3, -0.25) is 0 Å². The predicted molar refractivity (Wildman–Crippen MR) is 70.0 cm³/mol. The van der Waals surface area contributed by atoms with Gasteiger partial charge in [-0.15, -0.1) is 0 Å². The molecule has 0 nitrogen and oxygen atoms in total. The first-order valence-electron chi connectivity index (χ1n) is 5.88. The molecule has 0 bridgehead atoms. The zero-order valence-electron chi connectivity index (χ0n) is 9.68. The highest BCUT2D eigenvalue weighted by molar-refractivity contribution is 6.23. The molecule has 0 aromatic heterocycles. The van der Waals surface area contributed by atoms with Crippen molar-refractivity contribution in [2.45, 2.75) is 0 Å². The third kappa shape index (κ3) is 1.24. The van der Waals surface area contributed by atoms with Gasteiger partial charge >= 0.3 is 0 Å². The minimum absolute atomic E-state index is 0.265. The van der Waals surface area contributed by atoms with E-state index in [0.29, 0.717) is 16.2 Å². The quantitative estimate of drug-likeness (QED) is 0.388. The molecule has 4 aromatic rings. The third-order valence-corrected chi connectivity index (χ3v) is 3.59. The van der Waals surface area contributed by atoms with Crippen LogP contribution < -0.4 is 0 Å². The Balaban J connectivity index is 2.48. The van der Waals surface area contributed by atoms with Crippen LogP contribution in [0.15, 0.2) is 42.5 Å². The number of hydrogen-bond acceptors (Lipinski definition) is 0. The van der Waals surface area contributed by atoms with E-state index >= 15 is 0 Å². The zero-order chi connectivity index (χ0) is 13.1. The number of halogens is 3. The Kier molecular flexibility index (Phi) is 1.89. The summed E-state index contributed by atoms with van der Waals surface area (Å²) in [4.78, 5) is 0. The van der Waals surface area contributed by atoms with Gasteiger partial charge in [-0.05, 0) is 33.7 Å². The van der Waals surface area contributed by atoms with Crippen LogP contribution in [-0.4, -0.2) is 0 Å². The fourth-order valence-corrected chi connectivity index (χ4v) is 2.80. The molecule has 0 N–H and O–H groups in total. The van der Waals surface area contributed by atoms with Gasteiger partial charge in [0, 0.05) is 5.39 Å².